The van der Waals surface area contributed by atoms with Crippen molar-refractivity contribution in [3.63, 3.8) is 0 Å². The van der Waals surface area contributed by atoms with Crippen LogP contribution in [0.25, 0.3) is 5.57 Å². The third kappa shape index (κ3) is 4.23. The molecule has 1 aromatic heterocycles. The largest absolute Gasteiger partial charge is 0.508 e. The van der Waals surface area contributed by atoms with Gasteiger partial charge in [-0.05, 0) is 41.8 Å². The fourth-order valence-corrected chi connectivity index (χ4v) is 2.65. The van der Waals surface area contributed by atoms with Crippen LogP contribution in [0.5, 0.6) is 5.75 Å². The van der Waals surface area contributed by atoms with Gasteiger partial charge in [-0.15, -0.1) is 0 Å². The fraction of sp³-hybridized carbons (Fsp3) is 0.278. The number of phenols is 1. The van der Waals surface area contributed by atoms with Crippen LogP contribution >= 0.6 is 0 Å². The average Bonchev–Trinajstić information content (AvgIpc) is 3.08. The van der Waals surface area contributed by atoms with Gasteiger partial charge in [0.1, 0.15) is 11.5 Å². The maximum Gasteiger partial charge on any atom is 0.234 e. The molecule has 0 radical (unpaired) electrons. The van der Waals surface area contributed by atoms with E-state index in [1.54, 1.807) is 18.4 Å². The third-order valence-electron chi connectivity index (χ3n) is 3.94. The molecule has 3 rings (SSSR count). The highest BCUT2D eigenvalue weighted by Gasteiger charge is 2.15. The molecule has 1 aromatic carbocycles. The van der Waals surface area contributed by atoms with Crippen LogP contribution in [0.4, 0.5) is 0 Å². The maximum atomic E-state index is 12.0. The number of nitrogens with one attached hydrogen (secondary N) is 1. The molecule has 0 aliphatic carbocycles. The Hall–Kier alpha value is -2.53. The first-order valence-corrected chi connectivity index (χ1v) is 7.70. The zero-order chi connectivity index (χ0) is 16.1. The number of benzene rings is 1. The summed E-state index contributed by atoms with van der Waals surface area (Å²) in [4.78, 5) is 14.1. The zero-order valence-corrected chi connectivity index (χ0v) is 12.9. The predicted molar refractivity (Wildman–Crippen MR) is 87.7 cm³/mol. The Labute approximate surface area is 135 Å². The fourth-order valence-electron chi connectivity index (χ4n) is 2.65. The second-order valence-corrected chi connectivity index (χ2v) is 5.62. The van der Waals surface area contributed by atoms with E-state index in [0.29, 0.717) is 13.1 Å². The van der Waals surface area contributed by atoms with Crippen molar-refractivity contribution in [2.24, 2.45) is 0 Å². The van der Waals surface area contributed by atoms with Gasteiger partial charge in [0.2, 0.25) is 5.91 Å². The van der Waals surface area contributed by atoms with Crippen LogP contribution in [-0.2, 0) is 11.3 Å². The van der Waals surface area contributed by atoms with Gasteiger partial charge in [-0.1, -0.05) is 18.2 Å². The minimum Gasteiger partial charge on any atom is -0.508 e. The molecule has 0 atom stereocenters. The first-order valence-electron chi connectivity index (χ1n) is 7.70. The number of carbonyl (C=O) groups excluding carboxylic acids is 1. The van der Waals surface area contributed by atoms with E-state index >= 15 is 0 Å². The molecule has 2 N–H and O–H groups in total. The van der Waals surface area contributed by atoms with Crippen LogP contribution in [0.2, 0.25) is 0 Å². The minimum absolute atomic E-state index is 0.00267. The van der Waals surface area contributed by atoms with Crippen molar-refractivity contribution in [2.75, 3.05) is 19.6 Å². The van der Waals surface area contributed by atoms with Gasteiger partial charge in [0.15, 0.2) is 0 Å². The number of hydrogen-bond acceptors (Lipinski definition) is 4. The summed E-state index contributed by atoms with van der Waals surface area (Å²) in [5.41, 5.74) is 2.39. The van der Waals surface area contributed by atoms with E-state index in [-0.39, 0.29) is 11.7 Å². The Kier molecular flexibility index (Phi) is 4.78. The minimum atomic E-state index is 0.00267. The van der Waals surface area contributed by atoms with Crippen LogP contribution in [0.15, 0.2) is 53.2 Å². The third-order valence-corrected chi connectivity index (χ3v) is 3.94. The van der Waals surface area contributed by atoms with Gasteiger partial charge in [0.25, 0.3) is 0 Å². The van der Waals surface area contributed by atoms with Gasteiger partial charge in [-0.2, -0.15) is 0 Å². The Morgan fingerprint density at radius 1 is 1.26 bits per heavy atom. The lowest BCUT2D eigenvalue weighted by Crippen LogP contribution is -2.38. The molecule has 0 saturated heterocycles. The van der Waals surface area contributed by atoms with Gasteiger partial charge in [0, 0.05) is 13.1 Å². The second kappa shape index (κ2) is 7.15. The molecule has 0 unspecified atom stereocenters. The molecule has 2 aromatic rings. The van der Waals surface area contributed by atoms with Gasteiger partial charge >= 0.3 is 0 Å². The van der Waals surface area contributed by atoms with E-state index in [9.17, 15) is 9.90 Å². The first kappa shape index (κ1) is 15.4. The highest BCUT2D eigenvalue weighted by Crippen LogP contribution is 2.23. The molecule has 0 saturated carbocycles. The van der Waals surface area contributed by atoms with Crippen molar-refractivity contribution in [1.82, 2.24) is 10.2 Å². The number of rotatable bonds is 5. The van der Waals surface area contributed by atoms with Gasteiger partial charge in [-0.3, -0.25) is 9.69 Å². The van der Waals surface area contributed by atoms with Crippen LogP contribution < -0.4 is 5.32 Å². The van der Waals surface area contributed by atoms with Crippen LogP contribution in [-0.4, -0.2) is 35.5 Å². The van der Waals surface area contributed by atoms with E-state index < -0.39 is 0 Å². The maximum absolute atomic E-state index is 12.0. The summed E-state index contributed by atoms with van der Waals surface area (Å²) in [6, 6.07) is 10.9. The molecule has 1 amide bonds. The normalized spacial score (nSPS) is 15.2. The Morgan fingerprint density at radius 2 is 2.09 bits per heavy atom. The number of nitrogens with zero attached hydrogens (tertiary/aromatic N) is 1. The smallest absolute Gasteiger partial charge is 0.234 e. The zero-order valence-electron chi connectivity index (χ0n) is 12.9. The number of amides is 1. The predicted octanol–water partition coefficient (Wildman–Crippen LogP) is 2.39. The summed E-state index contributed by atoms with van der Waals surface area (Å²) in [6.45, 7) is 2.42. The van der Waals surface area contributed by atoms with Crippen molar-refractivity contribution in [1.29, 1.82) is 0 Å². The molecule has 1 aliphatic rings. The first-order chi connectivity index (χ1) is 11.2. The molecule has 2 heterocycles. The number of hydrogen-bond donors (Lipinski definition) is 2. The topological polar surface area (TPSA) is 65.7 Å². The van der Waals surface area contributed by atoms with E-state index in [1.165, 1.54) is 5.57 Å². The Bertz CT molecular complexity index is 675. The monoisotopic (exact) mass is 312 g/mol. The highest BCUT2D eigenvalue weighted by molar-refractivity contribution is 5.78. The summed E-state index contributed by atoms with van der Waals surface area (Å²) < 4.78 is 5.19. The van der Waals surface area contributed by atoms with Gasteiger partial charge < -0.3 is 14.8 Å². The Morgan fingerprint density at radius 3 is 2.74 bits per heavy atom. The van der Waals surface area contributed by atoms with E-state index in [0.717, 1.165) is 30.8 Å². The van der Waals surface area contributed by atoms with Crippen molar-refractivity contribution in [2.45, 2.75) is 13.0 Å². The summed E-state index contributed by atoms with van der Waals surface area (Å²) in [6.07, 6.45) is 4.65. The SMILES string of the molecule is O=C(CN1CC=C(c2ccc(O)cc2)CC1)NCc1ccco1. The molecule has 5 heteroatoms. The number of furan rings is 1. The summed E-state index contributed by atoms with van der Waals surface area (Å²) in [5.74, 6) is 1.04. The molecule has 0 spiro atoms. The average molecular weight is 312 g/mol. The Balaban J connectivity index is 1.48. The van der Waals surface area contributed by atoms with Crippen LogP contribution in [0.1, 0.15) is 17.7 Å². The van der Waals surface area contributed by atoms with E-state index in [1.807, 2.05) is 24.3 Å². The molecular weight excluding hydrogens is 292 g/mol. The van der Waals surface area contributed by atoms with Crippen LogP contribution in [0.3, 0.4) is 0 Å². The van der Waals surface area contributed by atoms with Crippen molar-refractivity contribution in [3.8, 4) is 5.75 Å². The van der Waals surface area contributed by atoms with Crippen molar-refractivity contribution in [3.05, 3.63) is 60.1 Å². The van der Waals surface area contributed by atoms with E-state index in [4.69, 9.17) is 4.42 Å². The lowest BCUT2D eigenvalue weighted by atomic mass is 9.99. The molecule has 1 aliphatic heterocycles. The number of carbonyl (C=O) groups is 1. The lowest BCUT2D eigenvalue weighted by Gasteiger charge is -2.25. The van der Waals surface area contributed by atoms with Crippen molar-refractivity contribution >= 4 is 11.5 Å². The number of phenolic OH excluding ortho intramolecular Hbond substituents is 1. The molecule has 0 fully saturated rings. The molecule has 120 valence electrons. The lowest BCUT2D eigenvalue weighted by molar-refractivity contribution is -0.122. The second-order valence-electron chi connectivity index (χ2n) is 5.62. The number of aromatic hydroxyl groups is 1. The summed E-state index contributed by atoms with van der Waals surface area (Å²) >= 11 is 0. The quantitative estimate of drug-likeness (QED) is 0.890. The summed E-state index contributed by atoms with van der Waals surface area (Å²) in [5, 5.41) is 12.2. The molecule has 23 heavy (non-hydrogen) atoms. The molecule has 0 bridgehead atoms. The van der Waals surface area contributed by atoms with Gasteiger partial charge in [0.05, 0.1) is 19.4 Å². The molecule has 5 nitrogen and oxygen atoms in total. The van der Waals surface area contributed by atoms with Crippen molar-refractivity contribution < 1.29 is 14.3 Å². The highest BCUT2D eigenvalue weighted by atomic mass is 16.3. The molecular formula is C18H20N2O3. The standard InChI is InChI=1S/C18H20N2O3/c21-16-5-3-14(4-6-16)15-7-9-20(10-8-15)13-18(22)19-12-17-2-1-11-23-17/h1-7,11,21H,8-10,12-13H2,(H,19,22). The van der Waals surface area contributed by atoms with E-state index in [2.05, 4.69) is 16.3 Å². The van der Waals surface area contributed by atoms with Crippen LogP contribution in [0, 0.1) is 0 Å². The van der Waals surface area contributed by atoms with Gasteiger partial charge in [-0.25, -0.2) is 0 Å². The summed E-state index contributed by atoms with van der Waals surface area (Å²) in [7, 11) is 0.